The highest BCUT2D eigenvalue weighted by Crippen LogP contribution is 2.68. The third-order valence-corrected chi connectivity index (χ3v) is 5.22. The van der Waals surface area contributed by atoms with Crippen LogP contribution in [0.3, 0.4) is 0 Å². The van der Waals surface area contributed by atoms with E-state index in [1.807, 2.05) is 0 Å². The minimum absolute atomic E-state index is 0.125. The molecule has 1 heterocycles. The SMILES string of the molecule is COC(=O)[C@@]12CC[C@H](n3cc(-c4cc(F)ccc4N)nn3)[C@@H]1C2. The summed E-state index contributed by atoms with van der Waals surface area (Å²) in [5.74, 6) is -0.245. The van der Waals surface area contributed by atoms with E-state index in [9.17, 15) is 9.18 Å². The quantitative estimate of drug-likeness (QED) is 0.693. The van der Waals surface area contributed by atoms with Gasteiger partial charge in [-0.15, -0.1) is 5.10 Å². The standard InChI is InChI=1S/C16H17FN4O2/c1-23-15(22)16-5-4-14(11(16)7-16)21-8-13(19-20-21)10-6-9(17)2-3-12(10)18/h2-3,6,8,11,14H,4-5,7,18H2,1H3/t11-,14-,16+/m0/s1. The van der Waals surface area contributed by atoms with Crippen LogP contribution >= 0.6 is 0 Å². The lowest BCUT2D eigenvalue weighted by molar-refractivity contribution is -0.147. The number of halogens is 1. The smallest absolute Gasteiger partial charge is 0.312 e. The Bertz CT molecular complexity index is 790. The van der Waals surface area contributed by atoms with E-state index in [0.29, 0.717) is 16.9 Å². The number of anilines is 1. The van der Waals surface area contributed by atoms with Gasteiger partial charge < -0.3 is 10.5 Å². The zero-order chi connectivity index (χ0) is 16.2. The average molecular weight is 316 g/mol. The molecule has 0 saturated heterocycles. The van der Waals surface area contributed by atoms with Gasteiger partial charge in [0.25, 0.3) is 0 Å². The molecular weight excluding hydrogens is 299 g/mol. The Labute approximate surface area is 132 Å². The molecule has 2 aliphatic carbocycles. The van der Waals surface area contributed by atoms with Crippen LogP contribution in [0.5, 0.6) is 0 Å². The highest BCUT2D eigenvalue weighted by molar-refractivity contribution is 5.81. The molecule has 0 radical (unpaired) electrons. The van der Waals surface area contributed by atoms with Crippen molar-refractivity contribution in [3.63, 3.8) is 0 Å². The molecule has 0 bridgehead atoms. The second-order valence-corrected chi connectivity index (χ2v) is 6.38. The molecule has 6 nitrogen and oxygen atoms in total. The molecule has 2 saturated carbocycles. The monoisotopic (exact) mass is 316 g/mol. The summed E-state index contributed by atoms with van der Waals surface area (Å²) < 4.78 is 20.1. The van der Waals surface area contributed by atoms with E-state index in [2.05, 4.69) is 10.3 Å². The Balaban J connectivity index is 1.61. The lowest BCUT2D eigenvalue weighted by Gasteiger charge is -2.10. The fourth-order valence-corrected chi connectivity index (χ4v) is 3.90. The Hall–Kier alpha value is -2.44. The first kappa shape index (κ1) is 14.2. The Morgan fingerprint density at radius 3 is 3.09 bits per heavy atom. The van der Waals surface area contributed by atoms with E-state index in [-0.39, 0.29) is 29.2 Å². The maximum atomic E-state index is 13.4. The van der Waals surface area contributed by atoms with Crippen LogP contribution in [0.2, 0.25) is 0 Å². The molecule has 1 aromatic heterocycles. The number of hydrogen-bond acceptors (Lipinski definition) is 5. The zero-order valence-corrected chi connectivity index (χ0v) is 12.7. The zero-order valence-electron chi connectivity index (χ0n) is 12.7. The van der Waals surface area contributed by atoms with Gasteiger partial charge in [-0.05, 0) is 43.4 Å². The normalized spacial score (nSPS) is 28.4. The molecule has 120 valence electrons. The summed E-state index contributed by atoms with van der Waals surface area (Å²) >= 11 is 0. The number of nitrogens with zero attached hydrogens (tertiary/aromatic N) is 3. The Morgan fingerprint density at radius 2 is 2.35 bits per heavy atom. The summed E-state index contributed by atoms with van der Waals surface area (Å²) in [6.45, 7) is 0. The topological polar surface area (TPSA) is 83.0 Å². The average Bonchev–Trinajstić information content (AvgIpc) is 2.93. The van der Waals surface area contributed by atoms with Crippen LogP contribution in [-0.2, 0) is 9.53 Å². The lowest BCUT2D eigenvalue weighted by atomic mass is 10.1. The molecule has 0 unspecified atom stereocenters. The number of esters is 1. The van der Waals surface area contributed by atoms with E-state index in [1.54, 1.807) is 10.9 Å². The fourth-order valence-electron chi connectivity index (χ4n) is 3.90. The van der Waals surface area contributed by atoms with Crippen LogP contribution < -0.4 is 5.73 Å². The van der Waals surface area contributed by atoms with Crippen LogP contribution in [0.15, 0.2) is 24.4 Å². The Morgan fingerprint density at radius 1 is 1.52 bits per heavy atom. The van der Waals surface area contributed by atoms with Crippen molar-refractivity contribution in [3.05, 3.63) is 30.2 Å². The van der Waals surface area contributed by atoms with Gasteiger partial charge in [0.1, 0.15) is 11.5 Å². The van der Waals surface area contributed by atoms with Gasteiger partial charge in [-0.2, -0.15) is 0 Å². The van der Waals surface area contributed by atoms with Crippen molar-refractivity contribution in [3.8, 4) is 11.3 Å². The summed E-state index contributed by atoms with van der Waals surface area (Å²) in [6, 6.07) is 4.32. The van der Waals surface area contributed by atoms with Gasteiger partial charge in [0.2, 0.25) is 0 Å². The van der Waals surface area contributed by atoms with Gasteiger partial charge in [0, 0.05) is 11.3 Å². The molecule has 23 heavy (non-hydrogen) atoms. The summed E-state index contributed by atoms with van der Waals surface area (Å²) in [7, 11) is 1.43. The molecule has 0 amide bonds. The molecule has 1 aromatic carbocycles. The lowest BCUT2D eigenvalue weighted by Crippen LogP contribution is -2.17. The third-order valence-electron chi connectivity index (χ3n) is 5.22. The molecule has 2 aromatic rings. The number of aromatic nitrogens is 3. The number of nitrogens with two attached hydrogens (primary N) is 1. The second-order valence-electron chi connectivity index (χ2n) is 6.38. The van der Waals surface area contributed by atoms with Crippen molar-refractivity contribution in [2.75, 3.05) is 12.8 Å². The number of nitrogen functional groups attached to an aromatic ring is 1. The fraction of sp³-hybridized carbons (Fsp3) is 0.438. The Kier molecular flexibility index (Phi) is 2.94. The van der Waals surface area contributed by atoms with Crippen molar-refractivity contribution in [1.82, 2.24) is 15.0 Å². The number of carbonyl (C=O) groups is 1. The predicted molar refractivity (Wildman–Crippen MR) is 80.7 cm³/mol. The van der Waals surface area contributed by atoms with Crippen molar-refractivity contribution in [2.24, 2.45) is 11.3 Å². The van der Waals surface area contributed by atoms with E-state index in [0.717, 1.165) is 19.3 Å². The van der Waals surface area contributed by atoms with Gasteiger partial charge >= 0.3 is 5.97 Å². The van der Waals surface area contributed by atoms with E-state index >= 15 is 0 Å². The molecule has 3 atom stereocenters. The highest BCUT2D eigenvalue weighted by Gasteiger charge is 2.67. The molecule has 0 aliphatic heterocycles. The van der Waals surface area contributed by atoms with Crippen LogP contribution in [0, 0.1) is 17.2 Å². The number of ether oxygens (including phenoxy) is 1. The van der Waals surface area contributed by atoms with Gasteiger partial charge in [-0.1, -0.05) is 5.21 Å². The van der Waals surface area contributed by atoms with Crippen LogP contribution in [0.4, 0.5) is 10.1 Å². The molecule has 7 heteroatoms. The summed E-state index contributed by atoms with van der Waals surface area (Å²) in [5.41, 5.74) is 7.09. The molecule has 0 spiro atoms. The van der Waals surface area contributed by atoms with E-state index in [1.165, 1.54) is 25.3 Å². The first-order chi connectivity index (χ1) is 11.0. The molecular formula is C16H17FN4O2. The van der Waals surface area contributed by atoms with Crippen molar-refractivity contribution >= 4 is 11.7 Å². The van der Waals surface area contributed by atoms with Crippen molar-refractivity contribution in [1.29, 1.82) is 0 Å². The number of carbonyl (C=O) groups excluding carboxylic acids is 1. The van der Waals surface area contributed by atoms with Crippen molar-refractivity contribution in [2.45, 2.75) is 25.3 Å². The molecule has 2 aliphatic rings. The number of methoxy groups -OCH3 is 1. The molecule has 2 fully saturated rings. The predicted octanol–water partition coefficient (Wildman–Crippen LogP) is 2.18. The van der Waals surface area contributed by atoms with Gasteiger partial charge in [-0.3, -0.25) is 4.79 Å². The minimum Gasteiger partial charge on any atom is -0.469 e. The number of rotatable bonds is 3. The van der Waals surface area contributed by atoms with E-state index < -0.39 is 0 Å². The van der Waals surface area contributed by atoms with Crippen LogP contribution in [-0.4, -0.2) is 28.1 Å². The van der Waals surface area contributed by atoms with Gasteiger partial charge in [-0.25, -0.2) is 9.07 Å². The number of fused-ring (bicyclic) bond motifs is 1. The summed E-state index contributed by atoms with van der Waals surface area (Å²) in [6.07, 6.45) is 4.29. The van der Waals surface area contributed by atoms with Crippen LogP contribution in [0.25, 0.3) is 11.3 Å². The maximum Gasteiger partial charge on any atom is 0.312 e. The summed E-state index contributed by atoms with van der Waals surface area (Å²) in [4.78, 5) is 11.9. The van der Waals surface area contributed by atoms with Crippen molar-refractivity contribution < 1.29 is 13.9 Å². The molecule has 2 N–H and O–H groups in total. The van der Waals surface area contributed by atoms with Crippen LogP contribution in [0.1, 0.15) is 25.3 Å². The first-order valence-electron chi connectivity index (χ1n) is 7.61. The molecule has 4 rings (SSSR count). The number of hydrogen-bond donors (Lipinski definition) is 1. The number of benzene rings is 1. The largest absolute Gasteiger partial charge is 0.469 e. The first-order valence-corrected chi connectivity index (χ1v) is 7.61. The second kappa shape index (κ2) is 4.78. The van der Waals surface area contributed by atoms with E-state index in [4.69, 9.17) is 10.5 Å². The van der Waals surface area contributed by atoms with Gasteiger partial charge in [0.05, 0.1) is 24.8 Å². The highest BCUT2D eigenvalue weighted by atomic mass is 19.1. The van der Waals surface area contributed by atoms with Gasteiger partial charge in [0.15, 0.2) is 0 Å². The third kappa shape index (κ3) is 2.03. The summed E-state index contributed by atoms with van der Waals surface area (Å²) in [5, 5.41) is 8.30. The minimum atomic E-state index is -0.364. The maximum absolute atomic E-state index is 13.4.